The van der Waals surface area contributed by atoms with Crippen LogP contribution >= 0.6 is 25.3 Å². The van der Waals surface area contributed by atoms with Crippen molar-refractivity contribution in [2.75, 3.05) is 11.8 Å². The zero-order valence-corrected chi connectivity index (χ0v) is 5.90. The van der Waals surface area contributed by atoms with E-state index in [0.29, 0.717) is 0 Å². The molecule has 0 unspecified atom stereocenters. The lowest BCUT2D eigenvalue weighted by atomic mass is 10.9. The van der Waals surface area contributed by atoms with Crippen LogP contribution in [0.1, 0.15) is 0 Å². The molecule has 0 saturated heterocycles. The summed E-state index contributed by atoms with van der Waals surface area (Å²) in [4.78, 5) is 11.1. The summed E-state index contributed by atoms with van der Waals surface area (Å²) in [6.07, 6.45) is -0.991. The Labute approximate surface area is 58.5 Å². The van der Waals surface area contributed by atoms with Crippen LogP contribution in [0.5, 0.6) is 0 Å². The van der Waals surface area contributed by atoms with Gasteiger partial charge in [-0.05, 0) is 0 Å². The summed E-state index contributed by atoms with van der Waals surface area (Å²) in [6, 6.07) is 0. The Hall–Kier alpha value is -0.0300. The molecule has 0 saturated carbocycles. The Morgan fingerprint density at radius 2 is 1.88 bits per heavy atom. The van der Waals surface area contributed by atoms with Crippen LogP contribution in [-0.4, -0.2) is 27.9 Å². The second kappa shape index (κ2) is 3.91. The number of hydrogen-bond donors (Lipinski definition) is 3. The SMILES string of the molecule is O=C(O)N(CS)CS. The Morgan fingerprint density at radius 3 is 1.88 bits per heavy atom. The summed E-state index contributed by atoms with van der Waals surface area (Å²) >= 11 is 7.46. The van der Waals surface area contributed by atoms with E-state index in [1.54, 1.807) is 0 Å². The molecular formula is C3H7NO2S2. The van der Waals surface area contributed by atoms with E-state index in [4.69, 9.17) is 5.11 Å². The van der Waals surface area contributed by atoms with Gasteiger partial charge in [0.25, 0.3) is 0 Å². The van der Waals surface area contributed by atoms with Gasteiger partial charge in [-0.15, -0.1) is 0 Å². The van der Waals surface area contributed by atoms with Crippen molar-refractivity contribution in [2.24, 2.45) is 0 Å². The molecule has 48 valence electrons. The molecule has 0 heterocycles. The maximum Gasteiger partial charge on any atom is 0.408 e. The topological polar surface area (TPSA) is 40.5 Å². The van der Waals surface area contributed by atoms with Crippen molar-refractivity contribution in [3.8, 4) is 0 Å². The highest BCUT2D eigenvalue weighted by molar-refractivity contribution is 7.81. The van der Waals surface area contributed by atoms with E-state index in [1.165, 1.54) is 0 Å². The second-order valence-electron chi connectivity index (χ2n) is 1.11. The molecule has 0 aliphatic rings. The Morgan fingerprint density at radius 1 is 1.50 bits per heavy atom. The van der Waals surface area contributed by atoms with Crippen molar-refractivity contribution in [2.45, 2.75) is 0 Å². The van der Waals surface area contributed by atoms with Crippen LogP contribution in [0.15, 0.2) is 0 Å². The summed E-state index contributed by atoms with van der Waals surface area (Å²) in [5.74, 6) is 0.387. The van der Waals surface area contributed by atoms with Gasteiger partial charge in [0, 0.05) is 0 Å². The van der Waals surface area contributed by atoms with Crippen LogP contribution < -0.4 is 0 Å². The molecule has 1 amide bonds. The zero-order chi connectivity index (χ0) is 6.57. The van der Waals surface area contributed by atoms with Gasteiger partial charge in [0.15, 0.2) is 0 Å². The molecule has 1 N–H and O–H groups in total. The van der Waals surface area contributed by atoms with Crippen LogP contribution in [0.4, 0.5) is 4.79 Å². The standard InChI is InChI=1S/C3H7NO2S2/c5-3(6)4(1-7)2-8/h7-8H,1-2H2,(H,5,6). The van der Waals surface area contributed by atoms with E-state index >= 15 is 0 Å². The first kappa shape index (κ1) is 7.97. The lowest BCUT2D eigenvalue weighted by Crippen LogP contribution is -2.26. The van der Waals surface area contributed by atoms with E-state index in [-0.39, 0.29) is 11.8 Å². The van der Waals surface area contributed by atoms with E-state index in [2.05, 4.69) is 25.3 Å². The fraction of sp³-hybridized carbons (Fsp3) is 0.667. The largest absolute Gasteiger partial charge is 0.465 e. The normalized spacial score (nSPS) is 8.75. The molecule has 0 spiro atoms. The third kappa shape index (κ3) is 2.32. The minimum atomic E-state index is -0.991. The minimum absolute atomic E-state index is 0.193. The highest BCUT2D eigenvalue weighted by atomic mass is 32.1. The third-order valence-corrected chi connectivity index (χ3v) is 1.29. The van der Waals surface area contributed by atoms with Gasteiger partial charge >= 0.3 is 6.09 Å². The molecule has 0 aliphatic heterocycles. The van der Waals surface area contributed by atoms with E-state index in [1.807, 2.05) is 0 Å². The van der Waals surface area contributed by atoms with Gasteiger partial charge in [0.2, 0.25) is 0 Å². The third-order valence-electron chi connectivity index (χ3n) is 0.612. The maximum atomic E-state index is 9.99. The molecule has 5 heteroatoms. The predicted octanol–water partition coefficient (Wildman–Crippen LogP) is 0.741. The highest BCUT2D eigenvalue weighted by Gasteiger charge is 2.04. The van der Waals surface area contributed by atoms with Crippen LogP contribution in [0.2, 0.25) is 0 Å². The number of nitrogens with zero attached hydrogens (tertiary/aromatic N) is 1. The fourth-order valence-corrected chi connectivity index (χ4v) is 0.765. The van der Waals surface area contributed by atoms with Gasteiger partial charge in [-0.3, -0.25) is 4.90 Å². The van der Waals surface area contributed by atoms with Crippen molar-refractivity contribution in [3.63, 3.8) is 0 Å². The van der Waals surface area contributed by atoms with Crippen molar-refractivity contribution in [3.05, 3.63) is 0 Å². The average molecular weight is 153 g/mol. The number of rotatable bonds is 2. The van der Waals surface area contributed by atoms with E-state index in [0.717, 1.165) is 4.90 Å². The molecule has 0 atom stereocenters. The number of carboxylic acid groups (broad SMARTS) is 1. The monoisotopic (exact) mass is 153 g/mol. The molecule has 8 heavy (non-hydrogen) atoms. The summed E-state index contributed by atoms with van der Waals surface area (Å²) < 4.78 is 0. The van der Waals surface area contributed by atoms with Gasteiger partial charge in [0.1, 0.15) is 0 Å². The average Bonchev–Trinajstić information content (AvgIpc) is 1.69. The summed E-state index contributed by atoms with van der Waals surface area (Å²) in [6.45, 7) is 0. The molecular weight excluding hydrogens is 146 g/mol. The van der Waals surface area contributed by atoms with E-state index in [9.17, 15) is 4.79 Å². The molecule has 0 aromatic carbocycles. The van der Waals surface area contributed by atoms with Crippen molar-refractivity contribution in [1.82, 2.24) is 4.90 Å². The fourth-order valence-electron chi connectivity index (χ4n) is 0.166. The summed E-state index contributed by atoms with van der Waals surface area (Å²) in [7, 11) is 0. The molecule has 0 rings (SSSR count). The van der Waals surface area contributed by atoms with Crippen LogP contribution in [0, 0.1) is 0 Å². The lowest BCUT2D eigenvalue weighted by molar-refractivity contribution is 0.161. The molecule has 0 radical (unpaired) electrons. The Kier molecular flexibility index (Phi) is 3.90. The van der Waals surface area contributed by atoms with Gasteiger partial charge in [-0.1, -0.05) is 0 Å². The number of amides is 1. The van der Waals surface area contributed by atoms with Gasteiger partial charge in [-0.2, -0.15) is 25.3 Å². The first-order valence-corrected chi connectivity index (χ1v) is 3.18. The molecule has 0 aromatic rings. The van der Waals surface area contributed by atoms with Crippen molar-refractivity contribution in [1.29, 1.82) is 0 Å². The molecule has 0 fully saturated rings. The molecule has 0 bridgehead atoms. The van der Waals surface area contributed by atoms with Crippen LogP contribution in [0.25, 0.3) is 0 Å². The van der Waals surface area contributed by atoms with Crippen molar-refractivity contribution >= 4 is 31.4 Å². The number of thiol groups is 2. The highest BCUT2D eigenvalue weighted by Crippen LogP contribution is 1.92. The predicted molar refractivity (Wildman–Crippen MR) is 37.6 cm³/mol. The maximum absolute atomic E-state index is 9.99. The van der Waals surface area contributed by atoms with Crippen LogP contribution in [-0.2, 0) is 0 Å². The quantitative estimate of drug-likeness (QED) is 0.404. The molecule has 3 nitrogen and oxygen atoms in total. The van der Waals surface area contributed by atoms with Gasteiger partial charge < -0.3 is 5.11 Å². The van der Waals surface area contributed by atoms with Gasteiger partial charge in [0.05, 0.1) is 11.8 Å². The summed E-state index contributed by atoms with van der Waals surface area (Å²) in [5, 5.41) is 8.20. The Balaban J connectivity index is 3.52. The van der Waals surface area contributed by atoms with Gasteiger partial charge in [-0.25, -0.2) is 4.79 Å². The minimum Gasteiger partial charge on any atom is -0.465 e. The lowest BCUT2D eigenvalue weighted by Gasteiger charge is -2.10. The number of carbonyl (C=O) groups is 1. The first-order valence-electron chi connectivity index (χ1n) is 1.92. The Bertz CT molecular complexity index is 83.4. The molecule has 0 aliphatic carbocycles. The van der Waals surface area contributed by atoms with E-state index < -0.39 is 6.09 Å². The number of hydrogen-bond acceptors (Lipinski definition) is 3. The van der Waals surface area contributed by atoms with Crippen LogP contribution in [0.3, 0.4) is 0 Å². The summed E-state index contributed by atoms with van der Waals surface area (Å²) in [5.41, 5.74) is 0. The van der Waals surface area contributed by atoms with Crippen molar-refractivity contribution < 1.29 is 9.90 Å². The first-order chi connectivity index (χ1) is 3.72. The zero-order valence-electron chi connectivity index (χ0n) is 4.11. The smallest absolute Gasteiger partial charge is 0.408 e. The molecule has 0 aromatic heterocycles. The second-order valence-corrected chi connectivity index (χ2v) is 1.67.